The van der Waals surface area contributed by atoms with Crippen molar-refractivity contribution >= 4 is 20.1 Å². The Kier molecular flexibility index (Phi) is 5.57. The van der Waals surface area contributed by atoms with Gasteiger partial charge >= 0.3 is 5.97 Å². The van der Waals surface area contributed by atoms with E-state index in [9.17, 15) is 9.59 Å². The number of hydrogen-bond acceptors (Lipinski definition) is 3. The Morgan fingerprint density at radius 3 is 2.27 bits per heavy atom. The molecule has 5 heteroatoms. The van der Waals surface area contributed by atoms with Gasteiger partial charge in [0.05, 0.1) is 12.0 Å². The summed E-state index contributed by atoms with van der Waals surface area (Å²) >= 11 is 0. The summed E-state index contributed by atoms with van der Waals surface area (Å²) < 4.78 is 6.25. The first-order valence-electron chi connectivity index (χ1n) is 7.49. The fraction of sp³-hybridized carbons (Fsp3) is 0.529. The number of aryl methyl sites for hydroxylation is 1. The van der Waals surface area contributed by atoms with Gasteiger partial charge in [-0.1, -0.05) is 32.4 Å². The van der Waals surface area contributed by atoms with E-state index in [1.165, 1.54) is 0 Å². The van der Waals surface area contributed by atoms with Crippen LogP contribution in [0.3, 0.4) is 0 Å². The van der Waals surface area contributed by atoms with Gasteiger partial charge in [0.15, 0.2) is 5.78 Å². The fourth-order valence-corrected chi connectivity index (χ4v) is 2.77. The van der Waals surface area contributed by atoms with Gasteiger partial charge in [0.2, 0.25) is 0 Å². The third kappa shape index (κ3) is 4.70. The molecule has 0 amide bonds. The Bertz CT molecular complexity index is 571. The van der Waals surface area contributed by atoms with Crippen LogP contribution >= 0.6 is 0 Å². The first-order chi connectivity index (χ1) is 9.94. The Morgan fingerprint density at radius 1 is 1.18 bits per heavy atom. The van der Waals surface area contributed by atoms with E-state index >= 15 is 0 Å². The quantitative estimate of drug-likeness (QED) is 0.622. The lowest BCUT2D eigenvalue weighted by atomic mass is 10.0. The molecule has 0 atom stereocenters. The molecule has 0 unspecified atom stereocenters. The van der Waals surface area contributed by atoms with E-state index in [-0.39, 0.29) is 23.7 Å². The Hall–Kier alpha value is -1.62. The molecule has 0 radical (unpaired) electrons. The summed E-state index contributed by atoms with van der Waals surface area (Å²) in [6, 6.07) is 5.52. The first-order valence-corrected chi connectivity index (χ1v) is 10.4. The van der Waals surface area contributed by atoms with E-state index < -0.39 is 14.3 Å². The summed E-state index contributed by atoms with van der Waals surface area (Å²) in [6.07, 6.45) is -0.168. The molecular weight excluding hydrogens is 296 g/mol. The molecule has 0 bridgehead atoms. The van der Waals surface area contributed by atoms with Crippen LogP contribution in [-0.4, -0.2) is 25.2 Å². The van der Waals surface area contributed by atoms with Crippen LogP contribution < -0.4 is 4.43 Å². The van der Waals surface area contributed by atoms with Gasteiger partial charge in [-0.3, -0.25) is 9.59 Å². The molecule has 1 rings (SSSR count). The van der Waals surface area contributed by atoms with Crippen molar-refractivity contribution < 1.29 is 19.1 Å². The lowest BCUT2D eigenvalue weighted by Crippen LogP contribution is -2.44. The van der Waals surface area contributed by atoms with Crippen LogP contribution in [0, 0.1) is 6.92 Å². The standard InChI is InChI=1S/C17H26O4Si/c1-12-7-9-15(21-22(5,6)17(2,3)4)13(11-12)14(18)8-10-16(19)20/h7,9,11H,8,10H2,1-6H3,(H,19,20). The second kappa shape index (κ2) is 6.65. The zero-order chi connectivity index (χ0) is 17.1. The number of rotatable bonds is 6. The molecular formula is C17H26O4Si. The van der Waals surface area contributed by atoms with E-state index in [1.807, 2.05) is 19.1 Å². The van der Waals surface area contributed by atoms with Crippen molar-refractivity contribution in [3.63, 3.8) is 0 Å². The summed E-state index contributed by atoms with van der Waals surface area (Å²) in [4.78, 5) is 23.0. The van der Waals surface area contributed by atoms with Crippen molar-refractivity contribution in [2.24, 2.45) is 0 Å². The Morgan fingerprint density at radius 2 is 1.77 bits per heavy atom. The molecule has 0 spiro atoms. The second-order valence-corrected chi connectivity index (χ2v) is 11.9. The molecule has 0 heterocycles. The van der Waals surface area contributed by atoms with E-state index in [0.717, 1.165) is 5.56 Å². The number of carboxylic acids is 1. The van der Waals surface area contributed by atoms with Crippen molar-refractivity contribution in [3.05, 3.63) is 29.3 Å². The molecule has 1 aromatic carbocycles. The maximum atomic E-state index is 12.3. The number of benzene rings is 1. The molecule has 0 aliphatic carbocycles. The lowest BCUT2D eigenvalue weighted by molar-refractivity contribution is -0.136. The topological polar surface area (TPSA) is 63.6 Å². The molecule has 0 aromatic heterocycles. The maximum Gasteiger partial charge on any atom is 0.303 e. The smallest absolute Gasteiger partial charge is 0.303 e. The van der Waals surface area contributed by atoms with Crippen LogP contribution in [0.4, 0.5) is 0 Å². The third-order valence-electron chi connectivity index (χ3n) is 4.17. The van der Waals surface area contributed by atoms with E-state index in [2.05, 4.69) is 33.9 Å². The van der Waals surface area contributed by atoms with Crippen molar-refractivity contribution in [1.29, 1.82) is 0 Å². The van der Waals surface area contributed by atoms with Crippen molar-refractivity contribution in [3.8, 4) is 5.75 Å². The summed E-state index contributed by atoms with van der Waals surface area (Å²) in [6.45, 7) is 12.6. The van der Waals surface area contributed by atoms with Crippen LogP contribution in [0.1, 0.15) is 49.5 Å². The SMILES string of the molecule is Cc1ccc(O[Si](C)(C)C(C)(C)C)c(C(=O)CCC(=O)O)c1. The molecule has 4 nitrogen and oxygen atoms in total. The summed E-state index contributed by atoms with van der Waals surface area (Å²) in [7, 11) is -2.05. The largest absolute Gasteiger partial charge is 0.543 e. The zero-order valence-corrected chi connectivity index (χ0v) is 15.3. The molecule has 0 saturated heterocycles. The summed E-state index contributed by atoms with van der Waals surface area (Å²) in [5.41, 5.74) is 1.45. The summed E-state index contributed by atoms with van der Waals surface area (Å²) in [5.74, 6) is -0.569. The van der Waals surface area contributed by atoms with Crippen molar-refractivity contribution in [2.75, 3.05) is 0 Å². The van der Waals surface area contributed by atoms with Gasteiger partial charge in [-0.05, 0) is 37.2 Å². The minimum atomic E-state index is -2.05. The number of carboxylic acid groups (broad SMARTS) is 1. The molecule has 0 aliphatic rings. The van der Waals surface area contributed by atoms with Gasteiger partial charge in [-0.25, -0.2) is 0 Å². The van der Waals surface area contributed by atoms with Gasteiger partial charge < -0.3 is 9.53 Å². The normalized spacial score (nSPS) is 12.1. The van der Waals surface area contributed by atoms with E-state index in [4.69, 9.17) is 9.53 Å². The zero-order valence-electron chi connectivity index (χ0n) is 14.3. The van der Waals surface area contributed by atoms with Gasteiger partial charge in [0.1, 0.15) is 5.75 Å². The number of ketones is 1. The Balaban J connectivity index is 3.11. The molecule has 1 N–H and O–H groups in total. The van der Waals surface area contributed by atoms with Gasteiger partial charge in [-0.2, -0.15) is 0 Å². The van der Waals surface area contributed by atoms with E-state index in [0.29, 0.717) is 11.3 Å². The number of aliphatic carboxylic acids is 1. The number of carbonyl (C=O) groups is 2. The van der Waals surface area contributed by atoms with Crippen molar-refractivity contribution in [1.82, 2.24) is 0 Å². The van der Waals surface area contributed by atoms with E-state index in [1.54, 1.807) is 6.07 Å². The maximum absolute atomic E-state index is 12.3. The van der Waals surface area contributed by atoms with Crippen LogP contribution in [0.15, 0.2) is 18.2 Å². The van der Waals surface area contributed by atoms with Crippen LogP contribution in [0.5, 0.6) is 5.75 Å². The highest BCUT2D eigenvalue weighted by molar-refractivity contribution is 6.74. The molecule has 1 aromatic rings. The van der Waals surface area contributed by atoms with Crippen LogP contribution in [0.2, 0.25) is 18.1 Å². The second-order valence-electron chi connectivity index (χ2n) is 7.18. The average Bonchev–Trinajstić information content (AvgIpc) is 2.36. The minimum Gasteiger partial charge on any atom is -0.543 e. The molecule has 122 valence electrons. The van der Waals surface area contributed by atoms with Gasteiger partial charge in [0, 0.05) is 6.42 Å². The third-order valence-corrected chi connectivity index (χ3v) is 8.52. The van der Waals surface area contributed by atoms with Crippen LogP contribution in [-0.2, 0) is 4.79 Å². The Labute approximate surface area is 133 Å². The molecule has 0 aliphatic heterocycles. The predicted octanol–water partition coefficient (Wildman–Crippen LogP) is 4.43. The number of hydrogen-bond donors (Lipinski definition) is 1. The highest BCUT2D eigenvalue weighted by Crippen LogP contribution is 2.38. The summed E-state index contributed by atoms with van der Waals surface area (Å²) in [5, 5.41) is 8.78. The number of Topliss-reactive ketones (excluding diaryl/α,β-unsaturated/α-hetero) is 1. The fourth-order valence-electron chi connectivity index (χ4n) is 1.73. The highest BCUT2D eigenvalue weighted by atomic mass is 28.4. The monoisotopic (exact) mass is 322 g/mol. The lowest BCUT2D eigenvalue weighted by Gasteiger charge is -2.37. The van der Waals surface area contributed by atoms with Crippen molar-refractivity contribution in [2.45, 2.75) is 58.7 Å². The number of carbonyl (C=O) groups excluding carboxylic acids is 1. The van der Waals surface area contributed by atoms with Gasteiger partial charge in [0.25, 0.3) is 8.32 Å². The first kappa shape index (κ1) is 18.4. The molecule has 22 heavy (non-hydrogen) atoms. The highest BCUT2D eigenvalue weighted by Gasteiger charge is 2.39. The predicted molar refractivity (Wildman–Crippen MR) is 90.2 cm³/mol. The minimum absolute atomic E-state index is 0.00729. The average molecular weight is 322 g/mol. The molecule has 0 saturated carbocycles. The van der Waals surface area contributed by atoms with Gasteiger partial charge in [-0.15, -0.1) is 0 Å². The molecule has 0 fully saturated rings. The van der Waals surface area contributed by atoms with Crippen LogP contribution in [0.25, 0.3) is 0 Å².